The lowest BCUT2D eigenvalue weighted by Gasteiger charge is -1.92. The lowest BCUT2D eigenvalue weighted by Crippen LogP contribution is -1.67. The molecule has 1 aliphatic rings. The predicted octanol–water partition coefficient (Wildman–Crippen LogP) is 1.96. The van der Waals surface area contributed by atoms with E-state index in [0.717, 1.165) is 0 Å². The van der Waals surface area contributed by atoms with Crippen LogP contribution in [0.3, 0.4) is 0 Å². The molecular formula is C12H11NO. The van der Waals surface area contributed by atoms with Crippen molar-refractivity contribution in [3.63, 3.8) is 0 Å². The van der Waals surface area contributed by atoms with Gasteiger partial charge in [0.15, 0.2) is 0 Å². The summed E-state index contributed by atoms with van der Waals surface area (Å²) in [4.78, 5) is 9.44. The number of carbonyl (C=O) groups excluding carboxylic acids is 1. The quantitative estimate of drug-likeness (QED) is 0.626. The number of benzene rings is 2. The first-order valence-electron chi connectivity index (χ1n) is 4.57. The molecular weight excluding hydrogens is 174 g/mol. The van der Waals surface area contributed by atoms with Crippen LogP contribution in [0.4, 0.5) is 0 Å². The summed E-state index contributed by atoms with van der Waals surface area (Å²) >= 11 is 0. The van der Waals surface area contributed by atoms with Crippen LogP contribution in [-0.2, 0) is 4.79 Å². The molecule has 70 valence electrons. The van der Waals surface area contributed by atoms with Crippen LogP contribution in [0.25, 0.3) is 10.8 Å². The van der Waals surface area contributed by atoms with E-state index < -0.39 is 0 Å². The third kappa shape index (κ3) is 2.33. The third-order valence-corrected chi connectivity index (χ3v) is 1.98. The van der Waals surface area contributed by atoms with Crippen molar-refractivity contribution < 1.29 is 4.79 Å². The normalized spacial score (nSPS) is 12.7. The molecule has 1 saturated heterocycles. The molecule has 2 heteroatoms. The molecule has 0 atom stereocenters. The minimum absolute atomic E-state index is 0.167. The van der Waals surface area contributed by atoms with Gasteiger partial charge in [-0.05, 0) is 10.8 Å². The van der Waals surface area contributed by atoms with Crippen molar-refractivity contribution in [1.82, 2.24) is 5.32 Å². The average Bonchev–Trinajstić information content (AvgIpc) is 3.02. The monoisotopic (exact) mass is 185 g/mol. The van der Waals surface area contributed by atoms with E-state index >= 15 is 0 Å². The molecule has 3 rings (SSSR count). The summed E-state index contributed by atoms with van der Waals surface area (Å²) in [6.07, 6.45) is 0. The summed E-state index contributed by atoms with van der Waals surface area (Å²) in [5.41, 5.74) is 0. The lowest BCUT2D eigenvalue weighted by atomic mass is 10.1. The molecule has 1 aliphatic heterocycles. The first kappa shape index (κ1) is 8.75. The number of hydrogen-bond donors (Lipinski definition) is 1. The first-order chi connectivity index (χ1) is 6.86. The Kier molecular flexibility index (Phi) is 2.45. The average molecular weight is 185 g/mol. The first-order valence-corrected chi connectivity index (χ1v) is 4.57. The molecule has 0 spiro atoms. The highest BCUT2D eigenvalue weighted by Crippen LogP contribution is 2.11. The molecule has 2 aromatic rings. The summed E-state index contributed by atoms with van der Waals surface area (Å²) < 4.78 is 0. The second kappa shape index (κ2) is 3.92. The SMILES string of the molecule is O=C1CN1.c1ccc2ccccc2c1. The highest BCUT2D eigenvalue weighted by molar-refractivity contribution is 5.91. The predicted molar refractivity (Wildman–Crippen MR) is 57.0 cm³/mol. The Morgan fingerprint density at radius 3 is 1.36 bits per heavy atom. The Morgan fingerprint density at radius 2 is 1.14 bits per heavy atom. The van der Waals surface area contributed by atoms with Crippen LogP contribution in [0, 0.1) is 0 Å². The van der Waals surface area contributed by atoms with Crippen LogP contribution in [0.5, 0.6) is 0 Å². The fraction of sp³-hybridized carbons (Fsp3) is 0.0833. The van der Waals surface area contributed by atoms with Gasteiger partial charge in [-0.15, -0.1) is 0 Å². The zero-order valence-electron chi connectivity index (χ0n) is 7.73. The Labute approximate surface area is 82.6 Å². The largest absolute Gasteiger partial charge is 0.346 e. The zero-order valence-corrected chi connectivity index (χ0v) is 7.73. The van der Waals surface area contributed by atoms with Gasteiger partial charge >= 0.3 is 0 Å². The highest BCUT2D eigenvalue weighted by atomic mass is 16.2. The summed E-state index contributed by atoms with van der Waals surface area (Å²) in [7, 11) is 0. The van der Waals surface area contributed by atoms with Gasteiger partial charge in [0.2, 0.25) is 5.91 Å². The van der Waals surface area contributed by atoms with Crippen molar-refractivity contribution in [2.45, 2.75) is 0 Å². The minimum Gasteiger partial charge on any atom is -0.346 e. The van der Waals surface area contributed by atoms with E-state index in [0.29, 0.717) is 6.54 Å². The molecule has 0 bridgehead atoms. The van der Waals surface area contributed by atoms with E-state index in [-0.39, 0.29) is 5.91 Å². The molecule has 0 aliphatic carbocycles. The molecule has 0 unspecified atom stereocenters. The van der Waals surface area contributed by atoms with Gasteiger partial charge in [-0.3, -0.25) is 4.79 Å². The molecule has 0 aromatic heterocycles. The van der Waals surface area contributed by atoms with Crippen molar-refractivity contribution in [3.05, 3.63) is 48.5 Å². The van der Waals surface area contributed by atoms with Crippen molar-refractivity contribution in [2.24, 2.45) is 0 Å². The second-order valence-corrected chi connectivity index (χ2v) is 3.12. The Bertz CT molecular complexity index is 379. The minimum atomic E-state index is 0.167. The van der Waals surface area contributed by atoms with Gasteiger partial charge < -0.3 is 5.32 Å². The molecule has 2 nitrogen and oxygen atoms in total. The Morgan fingerprint density at radius 1 is 0.857 bits per heavy atom. The maximum absolute atomic E-state index is 9.44. The van der Waals surface area contributed by atoms with Gasteiger partial charge in [0.25, 0.3) is 0 Å². The standard InChI is InChI=1S/C10H8.C2H3NO/c1-2-6-10-8-4-3-7-9(10)5-1;4-2-1-3-2/h1-8H;1H2,(H,3,4). The number of fused-ring (bicyclic) bond motifs is 1. The van der Waals surface area contributed by atoms with Gasteiger partial charge in [0.05, 0.1) is 6.54 Å². The van der Waals surface area contributed by atoms with Crippen molar-refractivity contribution in [3.8, 4) is 0 Å². The smallest absolute Gasteiger partial charge is 0.239 e. The van der Waals surface area contributed by atoms with E-state index in [1.165, 1.54) is 10.8 Å². The maximum Gasteiger partial charge on any atom is 0.239 e. The molecule has 0 saturated carbocycles. The number of carbonyl (C=O) groups is 1. The van der Waals surface area contributed by atoms with Crippen LogP contribution in [0.2, 0.25) is 0 Å². The molecule has 1 N–H and O–H groups in total. The van der Waals surface area contributed by atoms with Gasteiger partial charge in [-0.2, -0.15) is 0 Å². The van der Waals surface area contributed by atoms with Crippen LogP contribution >= 0.6 is 0 Å². The molecule has 0 radical (unpaired) electrons. The number of nitrogens with one attached hydrogen (secondary N) is 1. The lowest BCUT2D eigenvalue weighted by molar-refractivity contribution is -0.110. The van der Waals surface area contributed by atoms with E-state index in [1.807, 2.05) is 0 Å². The topological polar surface area (TPSA) is 39.0 Å². The molecule has 1 fully saturated rings. The van der Waals surface area contributed by atoms with Gasteiger partial charge in [0.1, 0.15) is 0 Å². The highest BCUT2D eigenvalue weighted by Gasteiger charge is 2.10. The summed E-state index contributed by atoms with van der Waals surface area (Å²) in [5, 5.41) is 5.08. The fourth-order valence-corrected chi connectivity index (χ4v) is 1.17. The van der Waals surface area contributed by atoms with E-state index in [9.17, 15) is 4.79 Å². The maximum atomic E-state index is 9.44. The van der Waals surface area contributed by atoms with Crippen molar-refractivity contribution in [1.29, 1.82) is 0 Å². The van der Waals surface area contributed by atoms with Crippen molar-refractivity contribution >= 4 is 16.7 Å². The fourth-order valence-electron chi connectivity index (χ4n) is 1.17. The van der Waals surface area contributed by atoms with Crippen LogP contribution in [-0.4, -0.2) is 12.5 Å². The van der Waals surface area contributed by atoms with E-state index in [2.05, 4.69) is 53.8 Å². The summed E-state index contributed by atoms with van der Waals surface area (Å²) in [6.45, 7) is 0.597. The number of rotatable bonds is 0. The van der Waals surface area contributed by atoms with Crippen LogP contribution < -0.4 is 5.32 Å². The third-order valence-electron chi connectivity index (χ3n) is 1.98. The summed E-state index contributed by atoms with van der Waals surface area (Å²) in [5.74, 6) is 0.167. The molecule has 14 heavy (non-hydrogen) atoms. The number of amides is 1. The summed E-state index contributed by atoms with van der Waals surface area (Å²) in [6, 6.07) is 16.7. The molecule has 1 amide bonds. The molecule has 2 aromatic carbocycles. The Hall–Kier alpha value is -1.83. The van der Waals surface area contributed by atoms with Crippen LogP contribution in [0.1, 0.15) is 0 Å². The van der Waals surface area contributed by atoms with Crippen LogP contribution in [0.15, 0.2) is 48.5 Å². The van der Waals surface area contributed by atoms with Gasteiger partial charge in [-0.25, -0.2) is 0 Å². The van der Waals surface area contributed by atoms with Crippen molar-refractivity contribution in [2.75, 3.05) is 6.54 Å². The van der Waals surface area contributed by atoms with E-state index in [1.54, 1.807) is 0 Å². The van der Waals surface area contributed by atoms with E-state index in [4.69, 9.17) is 0 Å². The second-order valence-electron chi connectivity index (χ2n) is 3.12. The van der Waals surface area contributed by atoms with Gasteiger partial charge in [0, 0.05) is 0 Å². The Balaban J connectivity index is 0.000000157. The van der Waals surface area contributed by atoms with Gasteiger partial charge in [-0.1, -0.05) is 48.5 Å². The zero-order chi connectivity index (χ0) is 9.80. The molecule has 1 heterocycles. The number of hydrogen-bond acceptors (Lipinski definition) is 1.